The standard InChI is InChI=1S/C12H26O4S.Na.H/c1-2-3-4-5-6-7-8-9-10-11-12(13)17(14,15)16;;/h12-13H,2-11H2,1H3,(H,14,15,16);;. The Bertz CT molecular complexity index is 267. The molecule has 4 nitrogen and oxygen atoms in total. The van der Waals surface area contributed by atoms with Gasteiger partial charge in [-0.05, 0) is 12.8 Å². The topological polar surface area (TPSA) is 74.6 Å². The molecule has 18 heavy (non-hydrogen) atoms. The summed E-state index contributed by atoms with van der Waals surface area (Å²) in [6, 6.07) is 0. The molecule has 0 radical (unpaired) electrons. The van der Waals surface area contributed by atoms with E-state index in [1.54, 1.807) is 0 Å². The third kappa shape index (κ3) is 13.3. The van der Waals surface area contributed by atoms with Crippen molar-refractivity contribution in [2.75, 3.05) is 0 Å². The van der Waals surface area contributed by atoms with Crippen molar-refractivity contribution in [3.05, 3.63) is 0 Å². The molecule has 0 aromatic heterocycles. The van der Waals surface area contributed by atoms with Crippen LogP contribution in [0.4, 0.5) is 0 Å². The summed E-state index contributed by atoms with van der Waals surface area (Å²) in [5, 5.41) is 9.05. The second-order valence-electron chi connectivity index (χ2n) is 4.59. The maximum absolute atomic E-state index is 10.5. The molecular weight excluding hydrogens is 263 g/mol. The number of aliphatic hydroxyl groups excluding tert-OH is 1. The fourth-order valence-electron chi connectivity index (χ4n) is 1.78. The van der Waals surface area contributed by atoms with E-state index in [0.29, 0.717) is 6.42 Å². The third-order valence-corrected chi connectivity index (χ3v) is 3.82. The zero-order valence-corrected chi connectivity index (χ0v) is 11.6. The van der Waals surface area contributed by atoms with E-state index in [0.717, 1.165) is 12.8 Å². The SMILES string of the molecule is CCCCCCCCCCCC(O)S(=O)(=O)O.[NaH]. The van der Waals surface area contributed by atoms with Crippen LogP contribution >= 0.6 is 0 Å². The van der Waals surface area contributed by atoms with Crippen molar-refractivity contribution in [3.63, 3.8) is 0 Å². The van der Waals surface area contributed by atoms with Gasteiger partial charge in [-0.1, -0.05) is 58.3 Å². The van der Waals surface area contributed by atoms with Gasteiger partial charge in [0.15, 0.2) is 5.44 Å². The summed E-state index contributed by atoms with van der Waals surface area (Å²) in [4.78, 5) is 0. The minimum absolute atomic E-state index is 0. The van der Waals surface area contributed by atoms with Crippen molar-refractivity contribution in [1.82, 2.24) is 0 Å². The van der Waals surface area contributed by atoms with Crippen LogP contribution in [0.5, 0.6) is 0 Å². The fourth-order valence-corrected chi connectivity index (χ4v) is 2.24. The van der Waals surface area contributed by atoms with Gasteiger partial charge >= 0.3 is 29.6 Å². The van der Waals surface area contributed by atoms with Gasteiger partial charge < -0.3 is 5.11 Å². The van der Waals surface area contributed by atoms with Gasteiger partial charge in [-0.3, -0.25) is 4.55 Å². The molecule has 0 fully saturated rings. The first-order valence-electron chi connectivity index (χ1n) is 6.63. The van der Waals surface area contributed by atoms with Crippen molar-refractivity contribution in [1.29, 1.82) is 0 Å². The first kappa shape index (κ1) is 21.2. The van der Waals surface area contributed by atoms with Gasteiger partial charge in [-0.2, -0.15) is 8.42 Å². The van der Waals surface area contributed by atoms with Crippen molar-refractivity contribution < 1.29 is 18.1 Å². The molecule has 0 spiro atoms. The molecule has 6 heteroatoms. The predicted molar refractivity (Wildman–Crippen MR) is 76.5 cm³/mol. The molecule has 1 unspecified atom stereocenters. The average Bonchev–Trinajstić information content (AvgIpc) is 2.25. The summed E-state index contributed by atoms with van der Waals surface area (Å²) >= 11 is 0. The summed E-state index contributed by atoms with van der Waals surface area (Å²) in [7, 11) is -4.25. The third-order valence-electron chi connectivity index (χ3n) is 2.90. The Morgan fingerprint density at radius 3 is 1.67 bits per heavy atom. The second kappa shape index (κ2) is 12.9. The van der Waals surface area contributed by atoms with Crippen molar-refractivity contribution in [2.45, 2.75) is 76.6 Å². The van der Waals surface area contributed by atoms with Gasteiger partial charge in [0, 0.05) is 0 Å². The van der Waals surface area contributed by atoms with Gasteiger partial charge in [-0.15, -0.1) is 0 Å². The zero-order valence-electron chi connectivity index (χ0n) is 10.8. The Hall–Kier alpha value is 0.870. The van der Waals surface area contributed by atoms with Gasteiger partial charge in [-0.25, -0.2) is 0 Å². The number of hydrogen-bond donors (Lipinski definition) is 2. The van der Waals surface area contributed by atoms with Crippen molar-refractivity contribution in [3.8, 4) is 0 Å². The van der Waals surface area contributed by atoms with Gasteiger partial charge in [0.2, 0.25) is 0 Å². The molecule has 0 heterocycles. The molecule has 106 valence electrons. The quantitative estimate of drug-likeness (QED) is 0.348. The van der Waals surface area contributed by atoms with E-state index in [4.69, 9.17) is 9.66 Å². The van der Waals surface area contributed by atoms with Crippen LogP contribution in [0.3, 0.4) is 0 Å². The zero-order chi connectivity index (χ0) is 13.1. The first-order chi connectivity index (χ1) is 7.98. The van der Waals surface area contributed by atoms with Gasteiger partial charge in [0.1, 0.15) is 0 Å². The van der Waals surface area contributed by atoms with Crippen molar-refractivity contribution in [2.24, 2.45) is 0 Å². The molecule has 0 aliphatic heterocycles. The number of hydrogen-bond acceptors (Lipinski definition) is 3. The molecule has 0 aromatic carbocycles. The van der Waals surface area contributed by atoms with Crippen LogP contribution < -0.4 is 0 Å². The second-order valence-corrected chi connectivity index (χ2v) is 6.16. The molecule has 0 amide bonds. The van der Waals surface area contributed by atoms with Crippen LogP contribution in [-0.4, -0.2) is 53.1 Å². The normalized spacial score (nSPS) is 13.1. The van der Waals surface area contributed by atoms with Crippen LogP contribution in [0, 0.1) is 0 Å². The average molecular weight is 290 g/mol. The Morgan fingerprint density at radius 1 is 0.889 bits per heavy atom. The molecular formula is C12H27NaO4S. The van der Waals surface area contributed by atoms with E-state index in [1.165, 1.54) is 38.5 Å². The number of rotatable bonds is 11. The fraction of sp³-hybridized carbons (Fsp3) is 1.00. The summed E-state index contributed by atoms with van der Waals surface area (Å²) in [5.74, 6) is 0. The molecule has 1 atom stereocenters. The van der Waals surface area contributed by atoms with E-state index in [1.807, 2.05) is 0 Å². The van der Waals surface area contributed by atoms with Crippen LogP contribution in [-0.2, 0) is 10.1 Å². The predicted octanol–water partition coefficient (Wildman–Crippen LogP) is 2.47. The molecule has 0 saturated carbocycles. The monoisotopic (exact) mass is 290 g/mol. The molecule has 0 saturated heterocycles. The van der Waals surface area contributed by atoms with E-state index in [-0.39, 0.29) is 36.0 Å². The Balaban J connectivity index is 0. The molecule has 0 aliphatic carbocycles. The Morgan fingerprint density at radius 2 is 1.28 bits per heavy atom. The summed E-state index contributed by atoms with van der Waals surface area (Å²) in [6.07, 6.45) is 10.3. The molecule has 0 aliphatic rings. The molecule has 2 N–H and O–H groups in total. The summed E-state index contributed by atoms with van der Waals surface area (Å²) in [6.45, 7) is 2.19. The molecule has 0 rings (SSSR count). The molecule has 0 bridgehead atoms. The van der Waals surface area contributed by atoms with Crippen LogP contribution in [0.1, 0.15) is 71.1 Å². The molecule has 0 aromatic rings. The van der Waals surface area contributed by atoms with E-state index in [2.05, 4.69) is 6.92 Å². The van der Waals surface area contributed by atoms with Crippen LogP contribution in [0.2, 0.25) is 0 Å². The van der Waals surface area contributed by atoms with Gasteiger partial charge in [0.25, 0.3) is 10.1 Å². The first-order valence-corrected chi connectivity index (χ1v) is 8.13. The van der Waals surface area contributed by atoms with Gasteiger partial charge in [0.05, 0.1) is 0 Å². The number of unbranched alkanes of at least 4 members (excludes halogenated alkanes) is 8. The minimum atomic E-state index is -4.25. The van der Waals surface area contributed by atoms with Crippen LogP contribution in [0.25, 0.3) is 0 Å². The Kier molecular flexibility index (Phi) is 15.2. The van der Waals surface area contributed by atoms with Crippen LogP contribution in [0.15, 0.2) is 0 Å². The Labute approximate surface area is 134 Å². The van der Waals surface area contributed by atoms with E-state index >= 15 is 0 Å². The summed E-state index contributed by atoms with van der Waals surface area (Å²) in [5.41, 5.74) is -1.60. The van der Waals surface area contributed by atoms with Crippen molar-refractivity contribution >= 4 is 39.7 Å². The number of aliphatic hydroxyl groups is 1. The van der Waals surface area contributed by atoms with E-state index in [9.17, 15) is 8.42 Å². The maximum atomic E-state index is 10.5. The van der Waals surface area contributed by atoms with E-state index < -0.39 is 15.6 Å². The summed E-state index contributed by atoms with van der Waals surface area (Å²) < 4.78 is 29.5.